The fourth-order valence-corrected chi connectivity index (χ4v) is 2.77. The third-order valence-electron chi connectivity index (χ3n) is 2.03. The monoisotopic (exact) mass is 280 g/mol. The average molecular weight is 281 g/mol. The highest BCUT2D eigenvalue weighted by Crippen LogP contribution is 2.22. The van der Waals surface area contributed by atoms with Crippen LogP contribution in [0.15, 0.2) is 23.1 Å². The molecule has 0 unspecified atom stereocenters. The van der Waals surface area contributed by atoms with Crippen LogP contribution in [0.25, 0.3) is 0 Å². The molecule has 0 aliphatic heterocycles. The first-order valence-electron chi connectivity index (χ1n) is 4.69. The smallest absolute Gasteiger partial charge is 0.243 e. The Hall–Kier alpha value is -0.860. The van der Waals surface area contributed by atoms with Crippen LogP contribution in [0.2, 0.25) is 5.02 Å². The zero-order valence-corrected chi connectivity index (χ0v) is 10.4. The number of aliphatic hydroxyl groups excluding tert-OH is 2. The molecule has 0 radical (unpaired) electrons. The van der Waals surface area contributed by atoms with Crippen molar-refractivity contribution in [2.45, 2.75) is 10.9 Å². The van der Waals surface area contributed by atoms with Gasteiger partial charge in [0.2, 0.25) is 10.0 Å². The van der Waals surface area contributed by atoms with Gasteiger partial charge in [-0.3, -0.25) is 0 Å². The van der Waals surface area contributed by atoms with E-state index in [0.717, 1.165) is 0 Å². The maximum atomic E-state index is 11.9. The Labute approximate surface area is 104 Å². The Bertz CT molecular complexity index is 488. The van der Waals surface area contributed by atoms with Gasteiger partial charge in [-0.15, -0.1) is 0 Å². The average Bonchev–Trinajstić information content (AvgIpc) is 2.29. The van der Waals surface area contributed by atoms with Gasteiger partial charge in [0.1, 0.15) is 4.90 Å². The maximum Gasteiger partial charge on any atom is 0.243 e. The van der Waals surface area contributed by atoms with Gasteiger partial charge in [0.25, 0.3) is 0 Å². The summed E-state index contributed by atoms with van der Waals surface area (Å²) in [6, 6.07) is 3.05. The minimum absolute atomic E-state index is 0.0385. The van der Waals surface area contributed by atoms with Gasteiger partial charge < -0.3 is 15.9 Å². The lowest BCUT2D eigenvalue weighted by molar-refractivity contribution is 0.185. The normalized spacial score (nSPS) is 12.0. The molecule has 6 nitrogen and oxygen atoms in total. The van der Waals surface area contributed by atoms with Crippen LogP contribution in [0.1, 0.15) is 0 Å². The Morgan fingerprint density at radius 2 is 1.94 bits per heavy atom. The van der Waals surface area contributed by atoms with Gasteiger partial charge in [0, 0.05) is 5.02 Å². The van der Waals surface area contributed by atoms with E-state index in [0.29, 0.717) is 0 Å². The SMILES string of the molecule is Nc1ccc(Cl)cc1S(=O)(=O)NC(CO)CO. The van der Waals surface area contributed by atoms with Crippen molar-refractivity contribution in [2.75, 3.05) is 18.9 Å². The van der Waals surface area contributed by atoms with E-state index in [1.54, 1.807) is 0 Å². The molecule has 96 valence electrons. The predicted molar refractivity (Wildman–Crippen MR) is 64.1 cm³/mol. The molecule has 0 amide bonds. The zero-order chi connectivity index (χ0) is 13.1. The van der Waals surface area contributed by atoms with Crippen LogP contribution in [0.3, 0.4) is 0 Å². The van der Waals surface area contributed by atoms with Crippen molar-refractivity contribution < 1.29 is 18.6 Å². The fourth-order valence-electron chi connectivity index (χ4n) is 1.16. The fraction of sp³-hybridized carbons (Fsp3) is 0.333. The number of nitrogens with one attached hydrogen (secondary N) is 1. The molecule has 17 heavy (non-hydrogen) atoms. The molecule has 1 rings (SSSR count). The van der Waals surface area contributed by atoms with Crippen LogP contribution in [0.4, 0.5) is 5.69 Å². The van der Waals surface area contributed by atoms with E-state index in [9.17, 15) is 8.42 Å². The van der Waals surface area contributed by atoms with Gasteiger partial charge in [-0.25, -0.2) is 13.1 Å². The molecule has 1 aromatic carbocycles. The lowest BCUT2D eigenvalue weighted by Crippen LogP contribution is -2.40. The molecule has 0 bridgehead atoms. The van der Waals surface area contributed by atoms with E-state index in [4.69, 9.17) is 27.5 Å². The number of nitrogen functional groups attached to an aromatic ring is 1. The van der Waals surface area contributed by atoms with Crippen LogP contribution in [0, 0.1) is 0 Å². The Morgan fingerprint density at radius 3 is 2.47 bits per heavy atom. The van der Waals surface area contributed by atoms with Crippen LogP contribution in [-0.4, -0.2) is 37.9 Å². The molecule has 0 aliphatic carbocycles. The van der Waals surface area contributed by atoms with Gasteiger partial charge in [-0.05, 0) is 18.2 Å². The number of rotatable bonds is 5. The molecule has 0 fully saturated rings. The van der Waals surface area contributed by atoms with Gasteiger partial charge in [-0.2, -0.15) is 0 Å². The molecular formula is C9H13ClN2O4S. The first kappa shape index (κ1) is 14.2. The van der Waals surface area contributed by atoms with Crippen molar-refractivity contribution in [1.29, 1.82) is 0 Å². The van der Waals surface area contributed by atoms with E-state index >= 15 is 0 Å². The molecule has 0 saturated heterocycles. The minimum atomic E-state index is -3.92. The van der Waals surface area contributed by atoms with Crippen LogP contribution in [-0.2, 0) is 10.0 Å². The number of hydrogen-bond donors (Lipinski definition) is 4. The quantitative estimate of drug-likeness (QED) is 0.546. The summed E-state index contributed by atoms with van der Waals surface area (Å²) in [7, 11) is -3.92. The third-order valence-corrected chi connectivity index (χ3v) is 3.84. The van der Waals surface area contributed by atoms with Crippen LogP contribution in [0.5, 0.6) is 0 Å². The molecule has 8 heteroatoms. The van der Waals surface area contributed by atoms with Gasteiger partial charge in [0.15, 0.2) is 0 Å². The molecule has 0 spiro atoms. The van der Waals surface area contributed by atoms with E-state index in [1.807, 2.05) is 0 Å². The Kier molecular flexibility index (Phi) is 4.72. The summed E-state index contributed by atoms with van der Waals surface area (Å²) in [5, 5.41) is 17.9. The second-order valence-corrected chi connectivity index (χ2v) is 5.48. The first-order chi connectivity index (χ1) is 7.90. The number of hydrogen-bond acceptors (Lipinski definition) is 5. The highest BCUT2D eigenvalue weighted by molar-refractivity contribution is 7.89. The molecule has 5 N–H and O–H groups in total. The van der Waals surface area contributed by atoms with E-state index < -0.39 is 29.3 Å². The van der Waals surface area contributed by atoms with E-state index in [-0.39, 0.29) is 15.6 Å². The molecule has 1 aromatic rings. The van der Waals surface area contributed by atoms with Crippen molar-refractivity contribution in [3.05, 3.63) is 23.2 Å². The zero-order valence-electron chi connectivity index (χ0n) is 8.80. The summed E-state index contributed by atoms with van der Waals surface area (Å²) in [5.74, 6) is 0. The van der Waals surface area contributed by atoms with Crippen molar-refractivity contribution in [3.63, 3.8) is 0 Å². The van der Waals surface area contributed by atoms with E-state index in [2.05, 4.69) is 4.72 Å². The second-order valence-electron chi connectivity index (χ2n) is 3.37. The van der Waals surface area contributed by atoms with E-state index in [1.165, 1.54) is 18.2 Å². The second kappa shape index (κ2) is 5.65. The Balaban J connectivity index is 3.09. The number of halogens is 1. The van der Waals surface area contributed by atoms with Crippen LogP contribution < -0.4 is 10.5 Å². The predicted octanol–water partition coefficient (Wildman–Crippen LogP) is -0.446. The van der Waals surface area contributed by atoms with Gasteiger partial charge in [0.05, 0.1) is 24.9 Å². The Morgan fingerprint density at radius 1 is 1.35 bits per heavy atom. The number of sulfonamides is 1. The summed E-state index contributed by atoms with van der Waals surface area (Å²) in [6.07, 6.45) is 0. The molecule has 0 heterocycles. The van der Waals surface area contributed by atoms with Crippen molar-refractivity contribution in [1.82, 2.24) is 4.72 Å². The summed E-state index contributed by atoms with van der Waals surface area (Å²) in [6.45, 7) is -1.04. The van der Waals surface area contributed by atoms with Crippen molar-refractivity contribution in [2.24, 2.45) is 0 Å². The topological polar surface area (TPSA) is 113 Å². The highest BCUT2D eigenvalue weighted by Gasteiger charge is 2.21. The van der Waals surface area contributed by atoms with Crippen molar-refractivity contribution in [3.8, 4) is 0 Å². The molecular weight excluding hydrogens is 268 g/mol. The lowest BCUT2D eigenvalue weighted by atomic mass is 10.3. The molecule has 0 saturated carbocycles. The lowest BCUT2D eigenvalue weighted by Gasteiger charge is -2.15. The standard InChI is InChI=1S/C9H13ClN2O4S/c10-6-1-2-8(11)9(3-6)17(15,16)12-7(4-13)5-14/h1-3,7,12-14H,4-5,11H2. The maximum absolute atomic E-state index is 11.9. The number of anilines is 1. The number of aliphatic hydroxyl groups is 2. The minimum Gasteiger partial charge on any atom is -0.398 e. The largest absolute Gasteiger partial charge is 0.398 e. The summed E-state index contributed by atoms with van der Waals surface area (Å²) in [4.78, 5) is -0.183. The summed E-state index contributed by atoms with van der Waals surface area (Å²) in [5.41, 5.74) is 5.57. The van der Waals surface area contributed by atoms with Crippen LogP contribution >= 0.6 is 11.6 Å². The highest BCUT2D eigenvalue weighted by atomic mass is 35.5. The first-order valence-corrected chi connectivity index (χ1v) is 6.56. The summed E-state index contributed by atoms with van der Waals surface area (Å²) >= 11 is 5.68. The van der Waals surface area contributed by atoms with Crippen molar-refractivity contribution >= 4 is 27.3 Å². The number of benzene rings is 1. The third kappa shape index (κ3) is 3.55. The molecule has 0 aliphatic rings. The molecule has 0 aromatic heterocycles. The summed E-state index contributed by atoms with van der Waals surface area (Å²) < 4.78 is 25.8. The van der Waals surface area contributed by atoms with Gasteiger partial charge >= 0.3 is 0 Å². The van der Waals surface area contributed by atoms with Gasteiger partial charge in [-0.1, -0.05) is 11.6 Å². The number of nitrogens with two attached hydrogens (primary N) is 1. The molecule has 0 atom stereocenters.